The molecule has 0 spiro atoms. The van der Waals surface area contributed by atoms with Gasteiger partial charge in [0.25, 0.3) is 0 Å². The monoisotopic (exact) mass is 748 g/mol. The molecule has 0 aliphatic heterocycles. The average molecular weight is 749 g/mol. The minimum atomic E-state index is 0.852. The van der Waals surface area contributed by atoms with Crippen LogP contribution in [0.25, 0.3) is 65.4 Å². The molecule has 0 atom stereocenters. The Balaban J connectivity index is 1.03. The molecule has 0 saturated carbocycles. The van der Waals surface area contributed by atoms with Crippen LogP contribution < -0.4 is 9.80 Å². The minimum Gasteiger partial charge on any atom is -0.456 e. The summed E-state index contributed by atoms with van der Waals surface area (Å²) in [6.07, 6.45) is 2.02. The molecule has 0 N–H and O–H groups in total. The van der Waals surface area contributed by atoms with E-state index in [0.29, 0.717) is 0 Å². The average Bonchev–Trinajstić information content (AvgIpc) is 3.83. The van der Waals surface area contributed by atoms with Crippen molar-refractivity contribution in [2.24, 2.45) is 0 Å². The first kappa shape index (κ1) is 34.0. The quantitative estimate of drug-likeness (QED) is 0.155. The number of aryl methyl sites for hydroxylation is 2. The standard InChI is InChI=1S/C54H40N2O2/c1-3-35-15-21-43(22-16-35)55(41-11-7-5-8-12-41)45-25-19-37-31-47-51(33-39(37)29-45)57-49-27-28-50-54(53(47)49)48-32-38-20-26-46(30-40(38)34-52(48)58-50)56(42-13-9-6-10-14-42)44-23-17-36(4-2)18-24-44/h5-34H,3-4H2,1-2H3. The number of rotatable bonds is 8. The lowest BCUT2D eigenvalue weighted by atomic mass is 10.0. The fourth-order valence-electron chi connectivity index (χ4n) is 8.68. The van der Waals surface area contributed by atoms with Crippen molar-refractivity contribution >= 4 is 99.5 Å². The Labute approximate surface area is 336 Å². The molecule has 0 amide bonds. The molecule has 2 aromatic heterocycles. The maximum Gasteiger partial charge on any atom is 0.136 e. The summed E-state index contributed by atoms with van der Waals surface area (Å²) in [6, 6.07) is 65.4. The van der Waals surface area contributed by atoms with Crippen LogP contribution in [0.1, 0.15) is 25.0 Å². The first-order valence-electron chi connectivity index (χ1n) is 20.2. The van der Waals surface area contributed by atoms with Gasteiger partial charge in [-0.1, -0.05) is 86.6 Å². The Hall–Kier alpha value is -7.30. The van der Waals surface area contributed by atoms with E-state index >= 15 is 0 Å². The van der Waals surface area contributed by atoms with Gasteiger partial charge in [-0.05, 0) is 155 Å². The summed E-state index contributed by atoms with van der Waals surface area (Å²) in [5, 5.41) is 8.89. The SMILES string of the molecule is CCc1ccc(N(c2ccccc2)c2ccc3cc4c(cc3c2)oc2ccc3oc5cc6cc(N(c7ccccc7)c7ccc(CC)cc7)ccc6cc5c3c24)cc1. The molecule has 0 bridgehead atoms. The molecule has 278 valence electrons. The molecular formula is C54H40N2O2. The predicted molar refractivity (Wildman–Crippen MR) is 244 cm³/mol. The highest BCUT2D eigenvalue weighted by Gasteiger charge is 2.20. The first-order chi connectivity index (χ1) is 28.6. The molecule has 0 unspecified atom stereocenters. The molecule has 9 aromatic carbocycles. The zero-order chi connectivity index (χ0) is 38.7. The zero-order valence-corrected chi connectivity index (χ0v) is 32.4. The normalized spacial score (nSPS) is 11.8. The summed E-state index contributed by atoms with van der Waals surface area (Å²) in [6.45, 7) is 4.38. The maximum atomic E-state index is 6.65. The van der Waals surface area contributed by atoms with Gasteiger partial charge >= 0.3 is 0 Å². The summed E-state index contributed by atoms with van der Waals surface area (Å²) in [5.41, 5.74) is 12.7. The maximum absolute atomic E-state index is 6.65. The topological polar surface area (TPSA) is 32.8 Å². The Morgan fingerprint density at radius 1 is 0.328 bits per heavy atom. The van der Waals surface area contributed by atoms with Gasteiger partial charge in [0.05, 0.1) is 0 Å². The molecule has 0 aliphatic carbocycles. The smallest absolute Gasteiger partial charge is 0.136 e. The molecular weight excluding hydrogens is 709 g/mol. The second-order valence-corrected chi connectivity index (χ2v) is 15.2. The van der Waals surface area contributed by atoms with Gasteiger partial charge in [-0.25, -0.2) is 0 Å². The highest BCUT2D eigenvalue weighted by atomic mass is 16.3. The van der Waals surface area contributed by atoms with E-state index in [1.54, 1.807) is 0 Å². The van der Waals surface area contributed by atoms with Crippen LogP contribution in [0, 0.1) is 0 Å². The lowest BCUT2D eigenvalue weighted by molar-refractivity contribution is 0.663. The van der Waals surface area contributed by atoms with Crippen LogP contribution in [0.3, 0.4) is 0 Å². The van der Waals surface area contributed by atoms with Crippen molar-refractivity contribution in [2.75, 3.05) is 9.80 Å². The molecule has 11 rings (SSSR count). The number of fused-ring (bicyclic) bond motifs is 9. The summed E-state index contributed by atoms with van der Waals surface area (Å²) < 4.78 is 13.3. The van der Waals surface area contributed by atoms with E-state index in [1.807, 2.05) is 12.1 Å². The Morgan fingerprint density at radius 3 is 1.10 bits per heavy atom. The summed E-state index contributed by atoms with van der Waals surface area (Å²) in [7, 11) is 0. The second kappa shape index (κ2) is 13.7. The highest BCUT2D eigenvalue weighted by molar-refractivity contribution is 6.27. The van der Waals surface area contributed by atoms with E-state index in [1.165, 1.54) is 11.1 Å². The lowest BCUT2D eigenvalue weighted by Gasteiger charge is -2.26. The summed E-state index contributed by atoms with van der Waals surface area (Å²) >= 11 is 0. The molecule has 0 saturated heterocycles. The second-order valence-electron chi connectivity index (χ2n) is 15.2. The number of hydrogen-bond acceptors (Lipinski definition) is 4. The van der Waals surface area contributed by atoms with Crippen LogP contribution in [-0.4, -0.2) is 0 Å². The first-order valence-corrected chi connectivity index (χ1v) is 20.2. The van der Waals surface area contributed by atoms with Gasteiger partial charge in [0.1, 0.15) is 22.3 Å². The van der Waals surface area contributed by atoms with Gasteiger partial charge in [0.2, 0.25) is 0 Å². The van der Waals surface area contributed by atoms with Gasteiger partial charge < -0.3 is 18.6 Å². The molecule has 2 heterocycles. The minimum absolute atomic E-state index is 0.852. The van der Waals surface area contributed by atoms with Crippen LogP contribution in [0.4, 0.5) is 34.1 Å². The number of furan rings is 2. The lowest BCUT2D eigenvalue weighted by Crippen LogP contribution is -2.09. The molecule has 0 aliphatic rings. The number of anilines is 6. The van der Waals surface area contributed by atoms with Gasteiger partial charge in [-0.3, -0.25) is 0 Å². The molecule has 4 nitrogen and oxygen atoms in total. The molecule has 0 fully saturated rings. The third kappa shape index (κ3) is 5.68. The van der Waals surface area contributed by atoms with Gasteiger partial charge in [0, 0.05) is 55.7 Å². The fraction of sp³-hybridized carbons (Fsp3) is 0.0741. The van der Waals surface area contributed by atoms with Crippen molar-refractivity contribution in [2.45, 2.75) is 26.7 Å². The van der Waals surface area contributed by atoms with Crippen LogP contribution >= 0.6 is 0 Å². The van der Waals surface area contributed by atoms with Crippen LogP contribution in [-0.2, 0) is 12.8 Å². The van der Waals surface area contributed by atoms with Gasteiger partial charge in [-0.2, -0.15) is 0 Å². The zero-order valence-electron chi connectivity index (χ0n) is 32.4. The Bertz CT molecular complexity index is 3070. The van der Waals surface area contributed by atoms with Gasteiger partial charge in [0.15, 0.2) is 0 Å². The summed E-state index contributed by atoms with van der Waals surface area (Å²) in [5.74, 6) is 0. The Kier molecular flexibility index (Phi) is 8.04. The van der Waals surface area contributed by atoms with E-state index < -0.39 is 0 Å². The van der Waals surface area contributed by atoms with Crippen molar-refractivity contribution in [1.82, 2.24) is 0 Å². The van der Waals surface area contributed by atoms with Crippen molar-refractivity contribution in [3.05, 3.63) is 193 Å². The van der Waals surface area contributed by atoms with E-state index in [-0.39, 0.29) is 0 Å². The number of nitrogens with zero attached hydrogens (tertiary/aromatic N) is 2. The van der Waals surface area contributed by atoms with Crippen molar-refractivity contribution in [1.29, 1.82) is 0 Å². The fourth-order valence-corrected chi connectivity index (χ4v) is 8.68. The van der Waals surface area contributed by atoms with Crippen LogP contribution in [0.2, 0.25) is 0 Å². The largest absolute Gasteiger partial charge is 0.456 e. The van der Waals surface area contributed by atoms with Crippen LogP contribution in [0.5, 0.6) is 0 Å². The number of hydrogen-bond donors (Lipinski definition) is 0. The molecule has 0 radical (unpaired) electrons. The van der Waals surface area contributed by atoms with Crippen molar-refractivity contribution < 1.29 is 8.83 Å². The number of para-hydroxylation sites is 2. The van der Waals surface area contributed by atoms with Crippen molar-refractivity contribution in [3.63, 3.8) is 0 Å². The predicted octanol–water partition coefficient (Wildman–Crippen LogP) is 15.9. The van der Waals surface area contributed by atoms with E-state index in [0.717, 1.165) is 112 Å². The highest BCUT2D eigenvalue weighted by Crippen LogP contribution is 2.44. The third-order valence-electron chi connectivity index (χ3n) is 11.7. The van der Waals surface area contributed by atoms with Gasteiger partial charge in [-0.15, -0.1) is 0 Å². The summed E-state index contributed by atoms with van der Waals surface area (Å²) in [4.78, 5) is 4.64. The molecule has 11 aromatic rings. The van der Waals surface area contributed by atoms with E-state index in [4.69, 9.17) is 8.83 Å². The van der Waals surface area contributed by atoms with E-state index in [2.05, 4.69) is 194 Å². The third-order valence-corrected chi connectivity index (χ3v) is 11.7. The number of benzene rings is 9. The van der Waals surface area contributed by atoms with Crippen LogP contribution in [0.15, 0.2) is 191 Å². The van der Waals surface area contributed by atoms with Crippen molar-refractivity contribution in [3.8, 4) is 0 Å². The molecule has 58 heavy (non-hydrogen) atoms. The molecule has 4 heteroatoms. The Morgan fingerprint density at radius 2 is 0.707 bits per heavy atom. The van der Waals surface area contributed by atoms with E-state index in [9.17, 15) is 0 Å².